The van der Waals surface area contributed by atoms with Crippen LogP contribution in [0.4, 0.5) is 8.78 Å². The van der Waals surface area contributed by atoms with Crippen LogP contribution in [-0.4, -0.2) is 32.3 Å². The first kappa shape index (κ1) is 14.2. The first-order chi connectivity index (χ1) is 8.71. The molecule has 0 aromatic heterocycles. The molecule has 0 N–H and O–H groups in total. The molecule has 0 unspecified atom stereocenters. The van der Waals surface area contributed by atoms with E-state index in [2.05, 4.69) is 0 Å². The van der Waals surface area contributed by atoms with E-state index in [1.165, 1.54) is 11.9 Å². The van der Waals surface area contributed by atoms with Crippen LogP contribution in [0, 0.1) is 11.6 Å². The Kier molecular flexibility index (Phi) is 3.53. The van der Waals surface area contributed by atoms with Gasteiger partial charge in [0.25, 0.3) is 15.0 Å². The highest BCUT2D eigenvalue weighted by molar-refractivity contribution is 8.13. The standard InChI is InChI=1S/C11H10ClF2NO3S/c1-15(6-2-3-6)11(16)8-4-7(19(12,17)18)5-9(13)10(8)14/h4-6H,2-3H2,1H3. The number of amides is 1. The number of carbonyl (C=O) groups excluding carboxylic acids is 1. The van der Waals surface area contributed by atoms with E-state index in [1.54, 1.807) is 0 Å². The smallest absolute Gasteiger partial charge is 0.261 e. The second-order valence-electron chi connectivity index (χ2n) is 4.35. The lowest BCUT2D eigenvalue weighted by Gasteiger charge is -2.17. The van der Waals surface area contributed by atoms with Gasteiger partial charge in [0, 0.05) is 23.8 Å². The van der Waals surface area contributed by atoms with Gasteiger partial charge in [-0.15, -0.1) is 0 Å². The summed E-state index contributed by atoms with van der Waals surface area (Å²) in [7, 11) is 2.30. The average molecular weight is 310 g/mol. The average Bonchev–Trinajstić information content (AvgIpc) is 3.13. The maximum atomic E-state index is 13.6. The van der Waals surface area contributed by atoms with E-state index in [-0.39, 0.29) is 6.04 Å². The molecule has 0 atom stereocenters. The highest BCUT2D eigenvalue weighted by atomic mass is 35.7. The third-order valence-corrected chi connectivity index (χ3v) is 4.26. The van der Waals surface area contributed by atoms with Gasteiger partial charge >= 0.3 is 0 Å². The minimum atomic E-state index is -4.23. The first-order valence-corrected chi connectivity index (χ1v) is 7.73. The van der Waals surface area contributed by atoms with E-state index in [1.807, 2.05) is 0 Å². The van der Waals surface area contributed by atoms with Gasteiger partial charge in [-0.05, 0) is 25.0 Å². The molecule has 1 aliphatic carbocycles. The predicted molar refractivity (Wildman–Crippen MR) is 64.5 cm³/mol. The Labute approximate surface area is 113 Å². The van der Waals surface area contributed by atoms with Crippen molar-refractivity contribution in [3.8, 4) is 0 Å². The van der Waals surface area contributed by atoms with Gasteiger partial charge in [-0.25, -0.2) is 17.2 Å². The Morgan fingerprint density at radius 1 is 1.37 bits per heavy atom. The van der Waals surface area contributed by atoms with E-state index in [0.717, 1.165) is 18.9 Å². The van der Waals surface area contributed by atoms with Crippen molar-refractivity contribution in [3.05, 3.63) is 29.3 Å². The number of benzene rings is 1. The molecule has 0 spiro atoms. The van der Waals surface area contributed by atoms with Crippen LogP contribution < -0.4 is 0 Å². The van der Waals surface area contributed by atoms with Gasteiger partial charge in [0.05, 0.1) is 10.5 Å². The van der Waals surface area contributed by atoms with Gasteiger partial charge in [0.2, 0.25) is 0 Å². The molecular weight excluding hydrogens is 300 g/mol. The molecule has 1 aliphatic rings. The van der Waals surface area contributed by atoms with Crippen LogP contribution in [-0.2, 0) is 9.05 Å². The van der Waals surface area contributed by atoms with Gasteiger partial charge in [0.15, 0.2) is 11.6 Å². The molecule has 0 bridgehead atoms. The van der Waals surface area contributed by atoms with E-state index in [4.69, 9.17) is 10.7 Å². The summed E-state index contributed by atoms with van der Waals surface area (Å²) in [6.07, 6.45) is 1.58. The summed E-state index contributed by atoms with van der Waals surface area (Å²) in [5.41, 5.74) is -0.631. The molecule has 1 aromatic rings. The lowest BCUT2D eigenvalue weighted by Crippen LogP contribution is -2.29. The lowest BCUT2D eigenvalue weighted by atomic mass is 10.2. The summed E-state index contributed by atoms with van der Waals surface area (Å²) in [5.74, 6) is -3.56. The molecule has 8 heteroatoms. The van der Waals surface area contributed by atoms with Crippen molar-refractivity contribution in [3.63, 3.8) is 0 Å². The fourth-order valence-electron chi connectivity index (χ4n) is 1.68. The minimum Gasteiger partial charge on any atom is -0.339 e. The molecule has 1 amide bonds. The molecule has 0 saturated heterocycles. The van der Waals surface area contributed by atoms with Crippen molar-refractivity contribution < 1.29 is 22.0 Å². The van der Waals surface area contributed by atoms with Gasteiger partial charge in [-0.3, -0.25) is 4.79 Å². The van der Waals surface area contributed by atoms with E-state index in [9.17, 15) is 22.0 Å². The Balaban J connectivity index is 2.49. The molecule has 104 valence electrons. The second kappa shape index (κ2) is 4.72. The lowest BCUT2D eigenvalue weighted by molar-refractivity contribution is 0.0779. The SMILES string of the molecule is CN(C(=O)c1cc(S(=O)(=O)Cl)cc(F)c1F)C1CC1. The van der Waals surface area contributed by atoms with Gasteiger partial charge in [-0.1, -0.05) is 0 Å². The van der Waals surface area contributed by atoms with Gasteiger partial charge in [-0.2, -0.15) is 0 Å². The number of halogens is 3. The Hall–Kier alpha value is -1.21. The fourth-order valence-corrected chi connectivity index (χ4v) is 2.45. The molecule has 1 fully saturated rings. The summed E-state index contributed by atoms with van der Waals surface area (Å²) >= 11 is 0. The normalized spacial score (nSPS) is 15.4. The van der Waals surface area contributed by atoms with Gasteiger partial charge in [0.1, 0.15) is 0 Å². The van der Waals surface area contributed by atoms with E-state index >= 15 is 0 Å². The van der Waals surface area contributed by atoms with Crippen LogP contribution in [0.3, 0.4) is 0 Å². The van der Waals surface area contributed by atoms with Crippen molar-refractivity contribution in [2.45, 2.75) is 23.8 Å². The van der Waals surface area contributed by atoms with Crippen LogP contribution in [0.25, 0.3) is 0 Å². The summed E-state index contributed by atoms with van der Waals surface area (Å²) in [6.45, 7) is 0. The van der Waals surface area contributed by atoms with Crippen molar-refractivity contribution in [1.82, 2.24) is 4.90 Å². The van der Waals surface area contributed by atoms with Crippen molar-refractivity contribution in [2.75, 3.05) is 7.05 Å². The zero-order valence-electron chi connectivity index (χ0n) is 9.86. The molecular formula is C11H10ClF2NO3S. The highest BCUT2D eigenvalue weighted by Crippen LogP contribution is 2.28. The molecule has 0 heterocycles. The van der Waals surface area contributed by atoms with E-state index in [0.29, 0.717) is 6.07 Å². The largest absolute Gasteiger partial charge is 0.339 e. The molecule has 4 nitrogen and oxygen atoms in total. The predicted octanol–water partition coefficient (Wildman–Crippen LogP) is 2.13. The molecule has 1 aromatic carbocycles. The van der Waals surface area contributed by atoms with Crippen molar-refractivity contribution in [2.24, 2.45) is 0 Å². The second-order valence-corrected chi connectivity index (χ2v) is 6.92. The van der Waals surface area contributed by atoms with Gasteiger partial charge < -0.3 is 4.90 Å². The maximum Gasteiger partial charge on any atom is 0.261 e. The summed E-state index contributed by atoms with van der Waals surface area (Å²) < 4.78 is 49.2. The van der Waals surface area contributed by atoms with Crippen LogP contribution in [0.2, 0.25) is 0 Å². The Morgan fingerprint density at radius 3 is 2.42 bits per heavy atom. The molecule has 0 aliphatic heterocycles. The zero-order valence-corrected chi connectivity index (χ0v) is 11.4. The topological polar surface area (TPSA) is 54.5 Å². The highest BCUT2D eigenvalue weighted by Gasteiger charge is 2.32. The van der Waals surface area contributed by atoms with Crippen LogP contribution in [0.1, 0.15) is 23.2 Å². The molecule has 2 rings (SSSR count). The first-order valence-electron chi connectivity index (χ1n) is 5.42. The Morgan fingerprint density at radius 2 is 1.95 bits per heavy atom. The minimum absolute atomic E-state index is 0.00812. The zero-order chi connectivity index (χ0) is 14.4. The summed E-state index contributed by atoms with van der Waals surface area (Å²) in [5, 5.41) is 0. The molecule has 0 radical (unpaired) electrons. The third-order valence-electron chi connectivity index (χ3n) is 2.93. The Bertz CT molecular complexity index is 644. The van der Waals surface area contributed by atoms with Crippen molar-refractivity contribution in [1.29, 1.82) is 0 Å². The summed E-state index contributed by atoms with van der Waals surface area (Å²) in [6, 6.07) is 1.19. The number of nitrogens with zero attached hydrogens (tertiary/aromatic N) is 1. The monoisotopic (exact) mass is 309 g/mol. The van der Waals surface area contributed by atoms with Crippen LogP contribution in [0.5, 0.6) is 0 Å². The molecule has 1 saturated carbocycles. The third kappa shape index (κ3) is 2.87. The van der Waals surface area contributed by atoms with Crippen molar-refractivity contribution >= 4 is 25.6 Å². The van der Waals surface area contributed by atoms with Crippen LogP contribution in [0.15, 0.2) is 17.0 Å². The van der Waals surface area contributed by atoms with Crippen LogP contribution >= 0.6 is 10.7 Å². The molecule has 19 heavy (non-hydrogen) atoms. The number of hydrogen-bond donors (Lipinski definition) is 0. The fraction of sp³-hybridized carbons (Fsp3) is 0.364. The maximum absolute atomic E-state index is 13.6. The number of hydrogen-bond acceptors (Lipinski definition) is 3. The number of carbonyl (C=O) groups is 1. The summed E-state index contributed by atoms with van der Waals surface area (Å²) in [4.78, 5) is 12.6. The quantitative estimate of drug-likeness (QED) is 0.804. The van der Waals surface area contributed by atoms with E-state index < -0.39 is 37.1 Å². The number of rotatable bonds is 3.